The summed E-state index contributed by atoms with van der Waals surface area (Å²) >= 11 is 1.68. The fourth-order valence-corrected chi connectivity index (χ4v) is 4.42. The number of aliphatic hydroxyl groups is 1. The minimum Gasteiger partial charge on any atom is -0.394 e. The van der Waals surface area contributed by atoms with E-state index < -0.39 is 0 Å². The molecule has 1 aliphatic heterocycles. The van der Waals surface area contributed by atoms with Gasteiger partial charge in [0, 0.05) is 11.4 Å². The molecule has 0 aromatic carbocycles. The molecule has 1 saturated heterocycles. The highest BCUT2D eigenvalue weighted by Crippen LogP contribution is 2.31. The lowest BCUT2D eigenvalue weighted by molar-refractivity contribution is 0.0682. The van der Waals surface area contributed by atoms with Crippen molar-refractivity contribution < 1.29 is 9.90 Å². The van der Waals surface area contributed by atoms with Crippen LogP contribution in [0.3, 0.4) is 0 Å². The van der Waals surface area contributed by atoms with E-state index in [-0.39, 0.29) is 18.6 Å². The molecule has 0 spiro atoms. The highest BCUT2D eigenvalue weighted by Gasteiger charge is 2.30. The molecule has 1 aromatic rings. The number of fused-ring (bicyclic) bond motifs is 1. The lowest BCUT2D eigenvalue weighted by Crippen LogP contribution is -2.37. The van der Waals surface area contributed by atoms with Crippen LogP contribution in [0, 0.1) is 0 Å². The van der Waals surface area contributed by atoms with E-state index >= 15 is 0 Å². The van der Waals surface area contributed by atoms with Crippen LogP contribution in [0.1, 0.15) is 52.2 Å². The van der Waals surface area contributed by atoms with Crippen molar-refractivity contribution in [3.05, 3.63) is 21.4 Å². The van der Waals surface area contributed by atoms with E-state index in [0.717, 1.165) is 37.1 Å². The van der Waals surface area contributed by atoms with E-state index in [4.69, 9.17) is 0 Å². The molecule has 2 heterocycles. The molecule has 1 aliphatic carbocycles. The largest absolute Gasteiger partial charge is 0.394 e. The van der Waals surface area contributed by atoms with Gasteiger partial charge in [-0.2, -0.15) is 0 Å². The molecule has 0 bridgehead atoms. The second-order valence-corrected chi connectivity index (χ2v) is 6.73. The van der Waals surface area contributed by atoms with Gasteiger partial charge in [0.15, 0.2) is 0 Å². The monoisotopic (exact) mass is 279 g/mol. The highest BCUT2D eigenvalue weighted by molar-refractivity contribution is 7.14. The van der Waals surface area contributed by atoms with Gasteiger partial charge in [-0.15, -0.1) is 11.3 Å². The maximum Gasteiger partial charge on any atom is 0.264 e. The van der Waals surface area contributed by atoms with Crippen LogP contribution in [0.2, 0.25) is 0 Å². The van der Waals surface area contributed by atoms with Crippen molar-refractivity contribution in [3.63, 3.8) is 0 Å². The van der Waals surface area contributed by atoms with E-state index in [9.17, 15) is 9.90 Å². The first kappa shape index (κ1) is 13.1. The number of thiophene rings is 1. The normalized spacial score (nSPS) is 23.2. The number of hydrogen-bond acceptors (Lipinski definition) is 3. The molecule has 3 rings (SSSR count). The number of amides is 1. The van der Waals surface area contributed by atoms with Crippen LogP contribution in [0.4, 0.5) is 0 Å². The maximum atomic E-state index is 12.5. The SMILES string of the molecule is O=C(c1cc2c(s1)CCCCC2)N1CCC[C@H]1CO. The summed E-state index contributed by atoms with van der Waals surface area (Å²) in [5.41, 5.74) is 1.39. The molecule has 1 amide bonds. The van der Waals surface area contributed by atoms with Gasteiger partial charge in [-0.25, -0.2) is 0 Å². The van der Waals surface area contributed by atoms with Crippen LogP contribution in [-0.4, -0.2) is 35.1 Å². The Morgan fingerprint density at radius 1 is 1.32 bits per heavy atom. The fourth-order valence-electron chi connectivity index (χ4n) is 3.21. The summed E-state index contributed by atoms with van der Waals surface area (Å²) in [5, 5.41) is 9.34. The summed E-state index contributed by atoms with van der Waals surface area (Å²) < 4.78 is 0. The Hall–Kier alpha value is -0.870. The van der Waals surface area contributed by atoms with E-state index in [1.165, 1.54) is 29.7 Å². The molecule has 1 N–H and O–H groups in total. The Balaban J connectivity index is 1.80. The second kappa shape index (κ2) is 5.63. The Bertz CT molecular complexity index is 445. The number of rotatable bonds is 2. The summed E-state index contributed by atoms with van der Waals surface area (Å²) in [6.45, 7) is 0.892. The third kappa shape index (κ3) is 2.56. The van der Waals surface area contributed by atoms with Crippen molar-refractivity contribution in [3.8, 4) is 0 Å². The van der Waals surface area contributed by atoms with Crippen LogP contribution in [-0.2, 0) is 12.8 Å². The smallest absolute Gasteiger partial charge is 0.264 e. The minimum atomic E-state index is 0.0365. The van der Waals surface area contributed by atoms with Crippen molar-refractivity contribution in [1.82, 2.24) is 4.90 Å². The second-order valence-electron chi connectivity index (χ2n) is 5.60. The first-order valence-electron chi connectivity index (χ1n) is 7.33. The molecule has 3 nitrogen and oxygen atoms in total. The Kier molecular flexibility index (Phi) is 3.89. The van der Waals surface area contributed by atoms with E-state index in [1.807, 2.05) is 4.90 Å². The number of likely N-dealkylation sites (tertiary alicyclic amines) is 1. The predicted octanol–water partition coefficient (Wildman–Crippen LogP) is 2.61. The van der Waals surface area contributed by atoms with Gasteiger partial charge in [-0.05, 0) is 50.2 Å². The molecule has 4 heteroatoms. The Morgan fingerprint density at radius 3 is 3.00 bits per heavy atom. The summed E-state index contributed by atoms with van der Waals surface area (Å²) in [6.07, 6.45) is 8.03. The molecule has 0 radical (unpaired) electrons. The third-order valence-electron chi connectivity index (χ3n) is 4.31. The van der Waals surface area contributed by atoms with Crippen LogP contribution in [0.15, 0.2) is 6.07 Å². The van der Waals surface area contributed by atoms with Gasteiger partial charge in [-0.3, -0.25) is 4.79 Å². The minimum absolute atomic E-state index is 0.0365. The van der Waals surface area contributed by atoms with Crippen LogP contribution in [0.5, 0.6) is 0 Å². The van der Waals surface area contributed by atoms with Crippen molar-refractivity contribution in [1.29, 1.82) is 0 Å². The molecule has 1 atom stereocenters. The van der Waals surface area contributed by atoms with Gasteiger partial charge in [0.05, 0.1) is 17.5 Å². The zero-order valence-electron chi connectivity index (χ0n) is 11.2. The number of aliphatic hydroxyl groups excluding tert-OH is 1. The fraction of sp³-hybridized carbons (Fsp3) is 0.667. The predicted molar refractivity (Wildman–Crippen MR) is 76.7 cm³/mol. The molecular formula is C15H21NO2S. The zero-order valence-corrected chi connectivity index (χ0v) is 12.0. The Labute approximate surface area is 118 Å². The van der Waals surface area contributed by atoms with Gasteiger partial charge < -0.3 is 10.0 Å². The van der Waals surface area contributed by atoms with Crippen molar-refractivity contribution in [2.45, 2.75) is 51.0 Å². The Morgan fingerprint density at radius 2 is 2.16 bits per heavy atom. The van der Waals surface area contributed by atoms with Crippen molar-refractivity contribution in [2.75, 3.05) is 13.2 Å². The number of carbonyl (C=O) groups is 1. The van der Waals surface area contributed by atoms with Crippen LogP contribution in [0.25, 0.3) is 0 Å². The molecule has 0 saturated carbocycles. The molecule has 19 heavy (non-hydrogen) atoms. The number of hydrogen-bond donors (Lipinski definition) is 1. The first-order valence-corrected chi connectivity index (χ1v) is 8.14. The van der Waals surface area contributed by atoms with Gasteiger partial charge in [0.25, 0.3) is 5.91 Å². The summed E-state index contributed by atoms with van der Waals surface area (Å²) in [5.74, 6) is 0.134. The van der Waals surface area contributed by atoms with Gasteiger partial charge in [0.1, 0.15) is 0 Å². The summed E-state index contributed by atoms with van der Waals surface area (Å²) in [6, 6.07) is 2.15. The third-order valence-corrected chi connectivity index (χ3v) is 5.53. The van der Waals surface area contributed by atoms with Gasteiger partial charge in [-0.1, -0.05) is 6.42 Å². The van der Waals surface area contributed by atoms with Gasteiger partial charge in [0.2, 0.25) is 0 Å². The maximum absolute atomic E-state index is 12.5. The quantitative estimate of drug-likeness (QED) is 0.845. The average molecular weight is 279 g/mol. The van der Waals surface area contributed by atoms with Crippen molar-refractivity contribution in [2.24, 2.45) is 0 Å². The molecule has 1 fully saturated rings. The van der Waals surface area contributed by atoms with Crippen molar-refractivity contribution >= 4 is 17.2 Å². The van der Waals surface area contributed by atoms with E-state index in [0.29, 0.717) is 0 Å². The van der Waals surface area contributed by atoms with Crippen LogP contribution >= 0.6 is 11.3 Å². The summed E-state index contributed by atoms with van der Waals surface area (Å²) in [4.78, 5) is 16.7. The molecule has 104 valence electrons. The summed E-state index contributed by atoms with van der Waals surface area (Å²) in [7, 11) is 0. The average Bonchev–Trinajstić information content (AvgIpc) is 3.00. The van der Waals surface area contributed by atoms with Crippen LogP contribution < -0.4 is 0 Å². The molecular weight excluding hydrogens is 258 g/mol. The van der Waals surface area contributed by atoms with Gasteiger partial charge >= 0.3 is 0 Å². The van der Waals surface area contributed by atoms with E-state index in [1.54, 1.807) is 11.3 Å². The zero-order chi connectivity index (χ0) is 13.2. The molecule has 1 aromatic heterocycles. The first-order chi connectivity index (χ1) is 9.29. The lowest BCUT2D eigenvalue weighted by atomic mass is 10.1. The highest BCUT2D eigenvalue weighted by atomic mass is 32.1. The lowest BCUT2D eigenvalue weighted by Gasteiger charge is -2.22. The van der Waals surface area contributed by atoms with E-state index in [2.05, 4.69) is 6.07 Å². The number of carbonyl (C=O) groups excluding carboxylic acids is 1. The molecule has 0 unspecified atom stereocenters. The standard InChI is InChI=1S/C15H21NO2S/c17-10-12-6-4-8-16(12)15(18)14-9-11-5-2-1-3-7-13(11)19-14/h9,12,17H,1-8,10H2/t12-/m0/s1. The number of aryl methyl sites for hydroxylation is 2. The molecule has 2 aliphatic rings. The topological polar surface area (TPSA) is 40.5 Å². The number of nitrogens with zero attached hydrogens (tertiary/aromatic N) is 1.